The van der Waals surface area contributed by atoms with E-state index >= 15 is 0 Å². The van der Waals surface area contributed by atoms with Crippen LogP contribution in [0.5, 0.6) is 0 Å². The Morgan fingerprint density at radius 2 is 2.55 bits per heavy atom. The number of nitrogens with zero attached hydrogens (tertiary/aromatic N) is 1. The van der Waals surface area contributed by atoms with Crippen LogP contribution in [-0.4, -0.2) is 11.0 Å². The number of anilines is 1. The molecule has 1 heterocycles. The maximum absolute atomic E-state index is 5.36. The molecule has 3 N–H and O–H groups in total. The van der Waals surface area contributed by atoms with Gasteiger partial charge in [0.25, 0.3) is 6.01 Å². The fourth-order valence-corrected chi connectivity index (χ4v) is 0.869. The highest BCUT2D eigenvalue weighted by Crippen LogP contribution is 2.23. The quantitative estimate of drug-likeness (QED) is 0.671. The fourth-order valence-electron chi connectivity index (χ4n) is 0.869. The van der Waals surface area contributed by atoms with Crippen LogP contribution < -0.4 is 11.1 Å². The number of nitrogens with two attached hydrogens (primary N) is 1. The first-order chi connectivity index (χ1) is 5.38. The Hall–Kier alpha value is -1.03. The summed E-state index contributed by atoms with van der Waals surface area (Å²) in [7, 11) is 0. The number of nitrogens with one attached hydrogen (secondary N) is 1. The van der Waals surface area contributed by atoms with Gasteiger partial charge in [-0.15, -0.1) is 0 Å². The minimum Gasteiger partial charge on any atom is -0.432 e. The van der Waals surface area contributed by atoms with Gasteiger partial charge in [0.1, 0.15) is 6.26 Å². The molecule has 0 amide bonds. The third-order valence-electron chi connectivity index (χ3n) is 1.67. The van der Waals surface area contributed by atoms with E-state index in [9.17, 15) is 0 Å². The summed E-state index contributed by atoms with van der Waals surface area (Å²) in [5.74, 6) is 0. The zero-order valence-electron chi connectivity index (χ0n) is 6.21. The number of rotatable bonds is 3. The summed E-state index contributed by atoms with van der Waals surface area (Å²) in [4.78, 5) is 4.11. The van der Waals surface area contributed by atoms with Gasteiger partial charge in [-0.3, -0.25) is 0 Å². The standard InChI is InChI=1S/C7H11N3O/c8-3-6-4-11-7(10-6)9-5-1-2-5/h4-5H,1-3,8H2,(H,9,10). The summed E-state index contributed by atoms with van der Waals surface area (Å²) in [6.45, 7) is 0.440. The smallest absolute Gasteiger partial charge is 0.294 e. The second kappa shape index (κ2) is 2.54. The molecule has 60 valence electrons. The fraction of sp³-hybridized carbons (Fsp3) is 0.571. The molecule has 0 spiro atoms. The van der Waals surface area contributed by atoms with Crippen LogP contribution in [0.2, 0.25) is 0 Å². The summed E-state index contributed by atoms with van der Waals surface area (Å²) in [5, 5.41) is 3.14. The first kappa shape index (κ1) is 6.67. The third-order valence-corrected chi connectivity index (χ3v) is 1.67. The normalized spacial score (nSPS) is 16.8. The Balaban J connectivity index is 1.99. The molecule has 0 atom stereocenters. The molecule has 0 unspecified atom stereocenters. The molecular formula is C7H11N3O. The second-order valence-corrected chi connectivity index (χ2v) is 2.77. The van der Waals surface area contributed by atoms with Crippen LogP contribution in [0.1, 0.15) is 18.5 Å². The van der Waals surface area contributed by atoms with E-state index in [0.717, 1.165) is 5.69 Å². The Morgan fingerprint density at radius 1 is 1.73 bits per heavy atom. The molecule has 2 rings (SSSR count). The lowest BCUT2D eigenvalue weighted by molar-refractivity contribution is 0.569. The van der Waals surface area contributed by atoms with Gasteiger partial charge in [0, 0.05) is 12.6 Å². The lowest BCUT2D eigenvalue weighted by Crippen LogP contribution is -2.02. The molecule has 4 heteroatoms. The van der Waals surface area contributed by atoms with Crippen molar-refractivity contribution >= 4 is 6.01 Å². The van der Waals surface area contributed by atoms with E-state index in [0.29, 0.717) is 18.6 Å². The van der Waals surface area contributed by atoms with Crippen LogP contribution in [0.4, 0.5) is 6.01 Å². The van der Waals surface area contributed by atoms with Crippen molar-refractivity contribution in [1.29, 1.82) is 0 Å². The number of aromatic nitrogens is 1. The molecule has 11 heavy (non-hydrogen) atoms. The van der Waals surface area contributed by atoms with E-state index in [1.807, 2.05) is 0 Å². The summed E-state index contributed by atoms with van der Waals surface area (Å²) < 4.78 is 5.10. The molecule has 1 saturated carbocycles. The average Bonchev–Trinajstić information content (AvgIpc) is 2.68. The van der Waals surface area contributed by atoms with Crippen molar-refractivity contribution in [3.63, 3.8) is 0 Å². The van der Waals surface area contributed by atoms with Gasteiger partial charge in [0.15, 0.2) is 0 Å². The number of hydrogen-bond donors (Lipinski definition) is 2. The first-order valence-electron chi connectivity index (χ1n) is 3.79. The molecule has 1 aromatic rings. The van der Waals surface area contributed by atoms with Crippen molar-refractivity contribution in [2.75, 3.05) is 5.32 Å². The summed E-state index contributed by atoms with van der Waals surface area (Å²) in [5.41, 5.74) is 6.16. The lowest BCUT2D eigenvalue weighted by atomic mass is 10.5. The predicted molar refractivity (Wildman–Crippen MR) is 41.0 cm³/mol. The van der Waals surface area contributed by atoms with Crippen molar-refractivity contribution in [3.05, 3.63) is 12.0 Å². The van der Waals surface area contributed by atoms with Crippen LogP contribution in [-0.2, 0) is 6.54 Å². The Morgan fingerprint density at radius 3 is 3.09 bits per heavy atom. The van der Waals surface area contributed by atoms with Gasteiger partial charge < -0.3 is 15.5 Å². The maximum Gasteiger partial charge on any atom is 0.294 e. The van der Waals surface area contributed by atoms with Gasteiger partial charge in [0.05, 0.1) is 5.69 Å². The number of hydrogen-bond acceptors (Lipinski definition) is 4. The van der Waals surface area contributed by atoms with Crippen LogP contribution in [0, 0.1) is 0 Å². The minimum absolute atomic E-state index is 0.440. The molecule has 1 aliphatic rings. The molecule has 4 nitrogen and oxygen atoms in total. The van der Waals surface area contributed by atoms with Gasteiger partial charge in [-0.1, -0.05) is 0 Å². The molecular weight excluding hydrogens is 142 g/mol. The molecule has 0 aliphatic heterocycles. The first-order valence-corrected chi connectivity index (χ1v) is 3.79. The minimum atomic E-state index is 0.440. The highest BCUT2D eigenvalue weighted by molar-refractivity contribution is 5.25. The number of oxazole rings is 1. The van der Waals surface area contributed by atoms with Crippen molar-refractivity contribution in [2.45, 2.75) is 25.4 Å². The maximum atomic E-state index is 5.36. The zero-order valence-corrected chi connectivity index (χ0v) is 6.21. The van der Waals surface area contributed by atoms with Crippen LogP contribution in [0.25, 0.3) is 0 Å². The SMILES string of the molecule is NCc1coc(NC2CC2)n1. The van der Waals surface area contributed by atoms with Crippen LogP contribution in [0.3, 0.4) is 0 Å². The Bertz CT molecular complexity index is 242. The predicted octanol–water partition coefficient (Wildman–Crippen LogP) is 0.708. The molecule has 0 saturated heterocycles. The molecule has 0 aromatic carbocycles. The molecule has 0 radical (unpaired) electrons. The summed E-state index contributed by atoms with van der Waals surface area (Å²) in [6, 6.07) is 1.19. The third kappa shape index (κ3) is 1.51. The highest BCUT2D eigenvalue weighted by Gasteiger charge is 2.22. The zero-order chi connectivity index (χ0) is 7.68. The van der Waals surface area contributed by atoms with Gasteiger partial charge in [-0.05, 0) is 12.8 Å². The average molecular weight is 153 g/mol. The Labute approximate surface area is 64.8 Å². The van der Waals surface area contributed by atoms with Crippen molar-refractivity contribution < 1.29 is 4.42 Å². The van der Waals surface area contributed by atoms with Crippen LogP contribution >= 0.6 is 0 Å². The lowest BCUT2D eigenvalue weighted by Gasteiger charge is -1.93. The van der Waals surface area contributed by atoms with Crippen molar-refractivity contribution in [1.82, 2.24) is 4.98 Å². The van der Waals surface area contributed by atoms with Crippen LogP contribution in [0.15, 0.2) is 10.7 Å². The van der Waals surface area contributed by atoms with Crippen molar-refractivity contribution in [3.8, 4) is 0 Å². The summed E-state index contributed by atoms with van der Waals surface area (Å²) >= 11 is 0. The molecule has 1 aliphatic carbocycles. The van der Waals surface area contributed by atoms with Gasteiger partial charge in [0.2, 0.25) is 0 Å². The van der Waals surface area contributed by atoms with E-state index in [1.54, 1.807) is 6.26 Å². The van der Waals surface area contributed by atoms with Crippen molar-refractivity contribution in [2.24, 2.45) is 5.73 Å². The largest absolute Gasteiger partial charge is 0.432 e. The van der Waals surface area contributed by atoms with Gasteiger partial charge >= 0.3 is 0 Å². The topological polar surface area (TPSA) is 64.1 Å². The molecule has 0 bridgehead atoms. The van der Waals surface area contributed by atoms with E-state index in [-0.39, 0.29) is 0 Å². The van der Waals surface area contributed by atoms with E-state index in [4.69, 9.17) is 10.2 Å². The van der Waals surface area contributed by atoms with Gasteiger partial charge in [-0.25, -0.2) is 0 Å². The van der Waals surface area contributed by atoms with E-state index in [2.05, 4.69) is 10.3 Å². The second-order valence-electron chi connectivity index (χ2n) is 2.77. The Kier molecular flexibility index (Phi) is 1.54. The summed E-state index contributed by atoms with van der Waals surface area (Å²) in [6.07, 6.45) is 4.03. The van der Waals surface area contributed by atoms with Gasteiger partial charge in [-0.2, -0.15) is 4.98 Å². The highest BCUT2D eigenvalue weighted by atomic mass is 16.4. The molecule has 1 fully saturated rings. The molecule has 1 aromatic heterocycles. The van der Waals surface area contributed by atoms with E-state index in [1.165, 1.54) is 12.8 Å². The monoisotopic (exact) mass is 153 g/mol. The van der Waals surface area contributed by atoms with E-state index < -0.39 is 0 Å².